The molecule has 0 fully saturated rings. The lowest BCUT2D eigenvalue weighted by Gasteiger charge is -2.16. The van der Waals surface area contributed by atoms with Gasteiger partial charge in [0.25, 0.3) is 6.01 Å². The highest BCUT2D eigenvalue weighted by molar-refractivity contribution is 5.22. The highest BCUT2D eigenvalue weighted by Gasteiger charge is 2.05. The SMILES string of the molecule is CC(N)CN(C)c1ncco1. The quantitative estimate of drug-likeness (QED) is 0.689. The molecule has 0 spiro atoms. The lowest BCUT2D eigenvalue weighted by atomic mass is 10.3. The van der Waals surface area contributed by atoms with Gasteiger partial charge >= 0.3 is 0 Å². The Balaban J connectivity index is 2.49. The Morgan fingerprint density at radius 3 is 3.00 bits per heavy atom. The van der Waals surface area contributed by atoms with E-state index >= 15 is 0 Å². The number of nitrogens with two attached hydrogens (primary N) is 1. The second kappa shape index (κ2) is 3.39. The van der Waals surface area contributed by atoms with Gasteiger partial charge in [0.15, 0.2) is 0 Å². The number of rotatable bonds is 3. The fraction of sp³-hybridized carbons (Fsp3) is 0.571. The highest BCUT2D eigenvalue weighted by atomic mass is 16.4. The maximum absolute atomic E-state index is 5.59. The van der Waals surface area contributed by atoms with Crippen molar-refractivity contribution in [1.29, 1.82) is 0 Å². The first-order valence-electron chi connectivity index (χ1n) is 3.56. The van der Waals surface area contributed by atoms with Gasteiger partial charge in [0.05, 0.1) is 6.20 Å². The van der Waals surface area contributed by atoms with E-state index in [0.717, 1.165) is 6.54 Å². The maximum Gasteiger partial charge on any atom is 0.296 e. The zero-order valence-corrected chi connectivity index (χ0v) is 6.82. The number of nitrogens with zero attached hydrogens (tertiary/aromatic N) is 2. The van der Waals surface area contributed by atoms with Gasteiger partial charge in [0, 0.05) is 19.6 Å². The Hall–Kier alpha value is -1.03. The summed E-state index contributed by atoms with van der Waals surface area (Å²) in [5.41, 5.74) is 5.59. The van der Waals surface area contributed by atoms with Crippen LogP contribution in [0.4, 0.5) is 6.01 Å². The van der Waals surface area contributed by atoms with E-state index in [4.69, 9.17) is 10.2 Å². The summed E-state index contributed by atoms with van der Waals surface area (Å²) < 4.78 is 5.06. The highest BCUT2D eigenvalue weighted by Crippen LogP contribution is 2.06. The molecule has 0 aliphatic carbocycles. The predicted molar refractivity (Wildman–Crippen MR) is 43.4 cm³/mol. The molecule has 0 amide bonds. The van der Waals surface area contributed by atoms with Crippen molar-refractivity contribution in [3.8, 4) is 0 Å². The lowest BCUT2D eigenvalue weighted by molar-refractivity contribution is 0.537. The van der Waals surface area contributed by atoms with Crippen LogP contribution < -0.4 is 10.6 Å². The molecule has 1 rings (SSSR count). The molecular formula is C7H13N3O. The molecule has 0 radical (unpaired) electrons. The van der Waals surface area contributed by atoms with Crippen molar-refractivity contribution in [1.82, 2.24) is 4.98 Å². The minimum atomic E-state index is 0.131. The van der Waals surface area contributed by atoms with Crippen LogP contribution in [0.5, 0.6) is 0 Å². The van der Waals surface area contributed by atoms with E-state index < -0.39 is 0 Å². The first kappa shape index (κ1) is 8.07. The molecule has 0 saturated heterocycles. The maximum atomic E-state index is 5.59. The molecule has 4 heteroatoms. The largest absolute Gasteiger partial charge is 0.432 e. The Morgan fingerprint density at radius 2 is 2.55 bits per heavy atom. The molecule has 0 aliphatic heterocycles. The summed E-state index contributed by atoms with van der Waals surface area (Å²) in [6, 6.07) is 0.745. The molecule has 1 unspecified atom stereocenters. The normalized spacial score (nSPS) is 13.0. The fourth-order valence-corrected chi connectivity index (χ4v) is 0.915. The number of hydrogen-bond donors (Lipinski definition) is 1. The molecule has 62 valence electrons. The summed E-state index contributed by atoms with van der Waals surface area (Å²) in [7, 11) is 1.90. The van der Waals surface area contributed by atoms with Gasteiger partial charge in [-0.3, -0.25) is 0 Å². The Kier molecular flexibility index (Phi) is 2.48. The molecular weight excluding hydrogens is 142 g/mol. The van der Waals surface area contributed by atoms with E-state index in [1.54, 1.807) is 12.5 Å². The smallest absolute Gasteiger partial charge is 0.296 e. The molecule has 2 N–H and O–H groups in total. The first-order chi connectivity index (χ1) is 5.20. The van der Waals surface area contributed by atoms with Crippen LogP contribution in [0, 0.1) is 0 Å². The fourth-order valence-electron chi connectivity index (χ4n) is 0.915. The molecule has 0 bridgehead atoms. The minimum Gasteiger partial charge on any atom is -0.432 e. The summed E-state index contributed by atoms with van der Waals surface area (Å²) in [5, 5.41) is 0. The van der Waals surface area contributed by atoms with Crippen LogP contribution in [0.2, 0.25) is 0 Å². The zero-order valence-electron chi connectivity index (χ0n) is 6.82. The van der Waals surface area contributed by atoms with Crippen LogP contribution in [0.3, 0.4) is 0 Å². The number of likely N-dealkylation sites (N-methyl/N-ethyl adjacent to an activating group) is 1. The second-order valence-corrected chi connectivity index (χ2v) is 2.67. The van der Waals surface area contributed by atoms with Gasteiger partial charge in [-0.05, 0) is 6.92 Å². The van der Waals surface area contributed by atoms with E-state index in [2.05, 4.69) is 4.98 Å². The van der Waals surface area contributed by atoms with Gasteiger partial charge in [-0.25, -0.2) is 4.98 Å². The van der Waals surface area contributed by atoms with Crippen molar-refractivity contribution in [2.45, 2.75) is 13.0 Å². The summed E-state index contributed by atoms with van der Waals surface area (Å²) in [4.78, 5) is 5.85. The van der Waals surface area contributed by atoms with Gasteiger partial charge in [0.2, 0.25) is 0 Å². The number of aromatic nitrogens is 1. The minimum absolute atomic E-state index is 0.131. The Labute approximate surface area is 66.0 Å². The van der Waals surface area contributed by atoms with Crippen LogP contribution in [-0.4, -0.2) is 24.6 Å². The van der Waals surface area contributed by atoms with Crippen molar-refractivity contribution in [2.75, 3.05) is 18.5 Å². The van der Waals surface area contributed by atoms with Crippen LogP contribution in [-0.2, 0) is 0 Å². The standard InChI is InChI=1S/C7H13N3O/c1-6(8)5-10(2)7-9-3-4-11-7/h3-4,6H,5,8H2,1-2H3. The van der Waals surface area contributed by atoms with Crippen LogP contribution in [0.15, 0.2) is 16.9 Å². The molecule has 0 aliphatic rings. The molecule has 0 aromatic carbocycles. The van der Waals surface area contributed by atoms with Gasteiger partial charge in [-0.15, -0.1) is 0 Å². The van der Waals surface area contributed by atoms with Crippen molar-refractivity contribution >= 4 is 6.01 Å². The molecule has 1 atom stereocenters. The average Bonchev–Trinajstić information content (AvgIpc) is 2.35. The third-order valence-corrected chi connectivity index (χ3v) is 1.31. The van der Waals surface area contributed by atoms with Crippen molar-refractivity contribution < 1.29 is 4.42 Å². The van der Waals surface area contributed by atoms with E-state index in [0.29, 0.717) is 6.01 Å². The predicted octanol–water partition coefficient (Wildman–Crippen LogP) is 0.458. The number of hydrogen-bond acceptors (Lipinski definition) is 4. The van der Waals surface area contributed by atoms with E-state index in [9.17, 15) is 0 Å². The van der Waals surface area contributed by atoms with Gasteiger partial charge in [-0.1, -0.05) is 0 Å². The van der Waals surface area contributed by atoms with Crippen molar-refractivity contribution in [3.63, 3.8) is 0 Å². The van der Waals surface area contributed by atoms with Gasteiger partial charge in [0.1, 0.15) is 6.26 Å². The average molecular weight is 155 g/mol. The molecule has 1 aromatic heterocycles. The van der Waals surface area contributed by atoms with Crippen molar-refractivity contribution in [3.05, 3.63) is 12.5 Å². The van der Waals surface area contributed by atoms with Crippen LogP contribution in [0.1, 0.15) is 6.92 Å². The van der Waals surface area contributed by atoms with Gasteiger partial charge in [-0.2, -0.15) is 0 Å². The molecule has 11 heavy (non-hydrogen) atoms. The number of oxazole rings is 1. The molecule has 4 nitrogen and oxygen atoms in total. The topological polar surface area (TPSA) is 55.3 Å². The summed E-state index contributed by atoms with van der Waals surface area (Å²) in [6.07, 6.45) is 3.17. The monoisotopic (exact) mass is 155 g/mol. The van der Waals surface area contributed by atoms with E-state index in [1.807, 2.05) is 18.9 Å². The summed E-state index contributed by atoms with van der Waals surface area (Å²) in [6.45, 7) is 2.69. The summed E-state index contributed by atoms with van der Waals surface area (Å²) >= 11 is 0. The number of anilines is 1. The molecule has 1 heterocycles. The molecule has 0 saturated carbocycles. The van der Waals surface area contributed by atoms with E-state index in [1.165, 1.54) is 0 Å². The van der Waals surface area contributed by atoms with Crippen LogP contribution in [0.25, 0.3) is 0 Å². The third kappa shape index (κ3) is 2.23. The second-order valence-electron chi connectivity index (χ2n) is 2.67. The Morgan fingerprint density at radius 1 is 1.82 bits per heavy atom. The summed E-state index contributed by atoms with van der Waals surface area (Å²) in [5.74, 6) is 0. The van der Waals surface area contributed by atoms with Crippen molar-refractivity contribution in [2.24, 2.45) is 5.73 Å². The lowest BCUT2D eigenvalue weighted by Crippen LogP contribution is -2.32. The van der Waals surface area contributed by atoms with Crippen LogP contribution >= 0.6 is 0 Å². The molecule has 1 aromatic rings. The zero-order chi connectivity index (χ0) is 8.27. The first-order valence-corrected chi connectivity index (χ1v) is 3.56. The van der Waals surface area contributed by atoms with Gasteiger partial charge < -0.3 is 15.1 Å². The Bertz CT molecular complexity index is 195. The third-order valence-electron chi connectivity index (χ3n) is 1.31. The van der Waals surface area contributed by atoms with E-state index in [-0.39, 0.29) is 6.04 Å².